The van der Waals surface area contributed by atoms with E-state index in [4.69, 9.17) is 5.26 Å². The molecule has 0 aliphatic carbocycles. The number of pyridine rings is 1. The minimum absolute atomic E-state index is 0.0610. The number of aromatic nitrogens is 3. The third-order valence-corrected chi connectivity index (χ3v) is 4.41. The first kappa shape index (κ1) is 16.3. The first-order valence-electron chi connectivity index (χ1n) is 7.61. The molecule has 9 heteroatoms. The van der Waals surface area contributed by atoms with Crippen LogP contribution in [0.15, 0.2) is 23.8 Å². The lowest BCUT2D eigenvalue weighted by atomic mass is 10.1. The summed E-state index contributed by atoms with van der Waals surface area (Å²) in [5, 5.41) is 22.8. The Labute approximate surface area is 143 Å². The van der Waals surface area contributed by atoms with E-state index in [0.717, 1.165) is 31.9 Å². The number of anilines is 2. The third-order valence-electron chi connectivity index (χ3n) is 3.81. The number of likely N-dealkylation sites (tertiary alicyclic amines) is 1. The molecular formula is C15H17N7OS. The van der Waals surface area contributed by atoms with E-state index in [0.29, 0.717) is 23.2 Å². The summed E-state index contributed by atoms with van der Waals surface area (Å²) in [7, 11) is 0. The van der Waals surface area contributed by atoms with E-state index in [1.807, 2.05) is 6.07 Å². The van der Waals surface area contributed by atoms with Crippen molar-refractivity contribution in [2.24, 2.45) is 5.92 Å². The van der Waals surface area contributed by atoms with Crippen LogP contribution < -0.4 is 10.6 Å². The summed E-state index contributed by atoms with van der Waals surface area (Å²) in [4.78, 5) is 18.3. The predicted octanol–water partition coefficient (Wildman–Crippen LogP) is 1.18. The van der Waals surface area contributed by atoms with E-state index in [2.05, 4.69) is 30.7 Å². The number of hydrogen-bond acceptors (Lipinski definition) is 8. The minimum Gasteiger partial charge on any atom is -0.370 e. The highest BCUT2D eigenvalue weighted by molar-refractivity contribution is 7.13. The first-order valence-corrected chi connectivity index (χ1v) is 8.49. The molecule has 1 saturated heterocycles. The van der Waals surface area contributed by atoms with Crippen molar-refractivity contribution in [2.45, 2.75) is 6.42 Å². The molecule has 1 atom stereocenters. The van der Waals surface area contributed by atoms with E-state index >= 15 is 0 Å². The molecule has 1 fully saturated rings. The van der Waals surface area contributed by atoms with E-state index in [1.54, 1.807) is 23.8 Å². The van der Waals surface area contributed by atoms with Crippen LogP contribution in [0.5, 0.6) is 0 Å². The molecule has 0 bridgehead atoms. The van der Waals surface area contributed by atoms with Crippen LogP contribution in [0.25, 0.3) is 0 Å². The fraction of sp³-hybridized carbons (Fsp3) is 0.400. The van der Waals surface area contributed by atoms with Gasteiger partial charge in [-0.15, -0.1) is 10.2 Å². The van der Waals surface area contributed by atoms with Crippen LogP contribution in [0.3, 0.4) is 0 Å². The number of hydrogen-bond donors (Lipinski definition) is 2. The maximum atomic E-state index is 11.9. The van der Waals surface area contributed by atoms with Crippen molar-refractivity contribution in [3.63, 3.8) is 0 Å². The molecule has 1 amide bonds. The van der Waals surface area contributed by atoms with Gasteiger partial charge in [-0.3, -0.25) is 15.0 Å². The Bertz CT molecular complexity index is 710. The molecular weight excluding hydrogens is 326 g/mol. The highest BCUT2D eigenvalue weighted by Gasteiger charge is 2.24. The maximum absolute atomic E-state index is 11.9. The van der Waals surface area contributed by atoms with Gasteiger partial charge in [0.2, 0.25) is 11.0 Å². The lowest BCUT2D eigenvalue weighted by molar-refractivity contribution is -0.117. The standard InChI is InChI=1S/C15H17N7OS/c16-5-11-1-2-13(17-6-11)18-7-12-3-4-22(8-12)9-14(23)20-15-21-19-10-24-15/h1-2,6,10,12H,3-4,7-9H2,(H,17,18)(H,20,21,23)/t12-/m1/s1. The quantitative estimate of drug-likeness (QED) is 0.811. The van der Waals surface area contributed by atoms with Crippen molar-refractivity contribution < 1.29 is 4.79 Å². The minimum atomic E-state index is -0.0610. The Morgan fingerprint density at radius 1 is 1.50 bits per heavy atom. The van der Waals surface area contributed by atoms with Crippen molar-refractivity contribution in [1.29, 1.82) is 5.26 Å². The first-order chi connectivity index (χ1) is 11.7. The Morgan fingerprint density at radius 2 is 2.42 bits per heavy atom. The zero-order chi connectivity index (χ0) is 16.8. The molecule has 0 unspecified atom stereocenters. The van der Waals surface area contributed by atoms with Crippen molar-refractivity contribution in [3.05, 3.63) is 29.4 Å². The zero-order valence-electron chi connectivity index (χ0n) is 13.0. The number of carbonyl (C=O) groups is 1. The van der Waals surface area contributed by atoms with Gasteiger partial charge in [-0.1, -0.05) is 11.3 Å². The molecule has 2 N–H and O–H groups in total. The van der Waals surface area contributed by atoms with Gasteiger partial charge in [0, 0.05) is 19.3 Å². The van der Waals surface area contributed by atoms with Crippen LogP contribution in [-0.4, -0.2) is 52.2 Å². The molecule has 0 aromatic carbocycles. The number of carbonyl (C=O) groups excluding carboxylic acids is 1. The summed E-state index contributed by atoms with van der Waals surface area (Å²) < 4.78 is 0. The number of nitrogens with zero attached hydrogens (tertiary/aromatic N) is 5. The second-order valence-corrected chi connectivity index (χ2v) is 6.44. The molecule has 1 aliphatic rings. The lowest BCUT2D eigenvalue weighted by Gasteiger charge is -2.15. The average Bonchev–Trinajstić information content (AvgIpc) is 3.25. The Kier molecular flexibility index (Phi) is 5.30. The van der Waals surface area contributed by atoms with Crippen LogP contribution in [0, 0.1) is 17.2 Å². The fourth-order valence-electron chi connectivity index (χ4n) is 2.63. The van der Waals surface area contributed by atoms with Crippen LogP contribution >= 0.6 is 11.3 Å². The Balaban J connectivity index is 1.40. The molecule has 3 rings (SSSR count). The summed E-state index contributed by atoms with van der Waals surface area (Å²) in [6.45, 7) is 2.93. The average molecular weight is 343 g/mol. The van der Waals surface area contributed by atoms with Gasteiger partial charge in [-0.05, 0) is 31.0 Å². The monoisotopic (exact) mass is 343 g/mol. The fourth-order valence-corrected chi connectivity index (χ4v) is 3.09. The van der Waals surface area contributed by atoms with Gasteiger partial charge in [0.25, 0.3) is 0 Å². The highest BCUT2D eigenvalue weighted by Crippen LogP contribution is 2.17. The van der Waals surface area contributed by atoms with Gasteiger partial charge in [0.15, 0.2) is 0 Å². The Hall–Kier alpha value is -2.57. The van der Waals surface area contributed by atoms with Gasteiger partial charge < -0.3 is 5.32 Å². The molecule has 0 radical (unpaired) electrons. The second kappa shape index (κ2) is 7.81. The van der Waals surface area contributed by atoms with Crippen LogP contribution in [0.4, 0.5) is 10.9 Å². The molecule has 124 valence electrons. The molecule has 24 heavy (non-hydrogen) atoms. The Morgan fingerprint density at radius 3 is 3.12 bits per heavy atom. The van der Waals surface area contributed by atoms with Gasteiger partial charge in [-0.25, -0.2) is 4.98 Å². The largest absolute Gasteiger partial charge is 0.370 e. The zero-order valence-corrected chi connectivity index (χ0v) is 13.8. The van der Waals surface area contributed by atoms with Crippen molar-refractivity contribution in [2.75, 3.05) is 36.8 Å². The van der Waals surface area contributed by atoms with E-state index in [1.165, 1.54) is 11.3 Å². The molecule has 1 aliphatic heterocycles. The summed E-state index contributed by atoms with van der Waals surface area (Å²) >= 11 is 1.31. The summed E-state index contributed by atoms with van der Waals surface area (Å²) in [5.41, 5.74) is 2.14. The summed E-state index contributed by atoms with van der Waals surface area (Å²) in [5.74, 6) is 1.17. The third kappa shape index (κ3) is 4.47. The normalized spacial score (nSPS) is 17.4. The van der Waals surface area contributed by atoms with E-state index in [9.17, 15) is 4.79 Å². The maximum Gasteiger partial charge on any atom is 0.240 e. The van der Waals surface area contributed by atoms with Crippen molar-refractivity contribution in [1.82, 2.24) is 20.1 Å². The topological polar surface area (TPSA) is 107 Å². The number of nitriles is 1. The van der Waals surface area contributed by atoms with Crippen molar-refractivity contribution >= 4 is 28.2 Å². The molecule has 2 aromatic heterocycles. The lowest BCUT2D eigenvalue weighted by Crippen LogP contribution is -2.32. The molecule has 3 heterocycles. The second-order valence-electron chi connectivity index (χ2n) is 5.61. The molecule has 0 saturated carbocycles. The van der Waals surface area contributed by atoms with Gasteiger partial charge in [-0.2, -0.15) is 5.26 Å². The van der Waals surface area contributed by atoms with Crippen LogP contribution in [0.1, 0.15) is 12.0 Å². The van der Waals surface area contributed by atoms with Gasteiger partial charge >= 0.3 is 0 Å². The molecule has 0 spiro atoms. The summed E-state index contributed by atoms with van der Waals surface area (Å²) in [6, 6.07) is 5.60. The summed E-state index contributed by atoms with van der Waals surface area (Å²) in [6.07, 6.45) is 2.59. The van der Waals surface area contributed by atoms with Crippen LogP contribution in [0.2, 0.25) is 0 Å². The SMILES string of the molecule is N#Cc1ccc(NC[C@H]2CCN(CC(=O)Nc3nncs3)C2)nc1. The van der Waals surface area contributed by atoms with Crippen LogP contribution in [-0.2, 0) is 4.79 Å². The molecule has 2 aromatic rings. The van der Waals surface area contributed by atoms with Gasteiger partial charge in [0.1, 0.15) is 17.4 Å². The molecule has 8 nitrogen and oxygen atoms in total. The smallest absolute Gasteiger partial charge is 0.240 e. The number of amides is 1. The van der Waals surface area contributed by atoms with E-state index < -0.39 is 0 Å². The highest BCUT2D eigenvalue weighted by atomic mass is 32.1. The predicted molar refractivity (Wildman–Crippen MR) is 90.5 cm³/mol. The number of rotatable bonds is 6. The van der Waals surface area contributed by atoms with Crippen molar-refractivity contribution in [3.8, 4) is 6.07 Å². The number of nitrogens with one attached hydrogen (secondary N) is 2. The van der Waals surface area contributed by atoms with Gasteiger partial charge in [0.05, 0.1) is 12.1 Å². The van der Waals surface area contributed by atoms with E-state index in [-0.39, 0.29) is 5.91 Å².